The van der Waals surface area contributed by atoms with Gasteiger partial charge in [-0.05, 0) is 62.4 Å². The second kappa shape index (κ2) is 13.6. The minimum absolute atomic E-state index is 0.0491. The summed E-state index contributed by atoms with van der Waals surface area (Å²) in [6.45, 7) is 6.86. The number of aromatic nitrogens is 2. The van der Waals surface area contributed by atoms with E-state index >= 15 is 0 Å². The van der Waals surface area contributed by atoms with Crippen LogP contribution in [0.15, 0.2) is 61.4 Å². The highest BCUT2D eigenvalue weighted by Gasteiger charge is 2.42. The molecule has 1 saturated heterocycles. The number of thiophene rings is 1. The van der Waals surface area contributed by atoms with Crippen molar-refractivity contribution >= 4 is 66.1 Å². The van der Waals surface area contributed by atoms with Gasteiger partial charge in [-0.15, -0.1) is 17.9 Å². The molecule has 234 valence electrons. The Morgan fingerprint density at radius 3 is 2.66 bits per heavy atom. The van der Waals surface area contributed by atoms with Crippen LogP contribution < -0.4 is 5.73 Å². The molecule has 44 heavy (non-hydrogen) atoms. The first-order valence-electron chi connectivity index (χ1n) is 14.3. The highest BCUT2D eigenvalue weighted by atomic mass is 35.5. The van der Waals surface area contributed by atoms with E-state index < -0.39 is 21.3 Å². The van der Waals surface area contributed by atoms with Gasteiger partial charge in [0, 0.05) is 65.3 Å². The number of sulfonamides is 1. The summed E-state index contributed by atoms with van der Waals surface area (Å²) >= 11 is 7.59. The third-order valence-electron chi connectivity index (χ3n) is 8.08. The largest absolute Gasteiger partial charge is 0.383 e. The number of nitrogen functional groups attached to an aromatic ring is 1. The number of anilines is 1. The van der Waals surface area contributed by atoms with E-state index in [9.17, 15) is 13.2 Å². The standard InChI is InChI=1S/C31H38ClN7O3S2/c1-5-30(29-13-22-7-8-23(32)14-28(22)43-29)44(41,42)38-17-24(16-37(4)11-10-36(2)3)39(25(18-38)19-40)15-21-6-9-26-27(12-21)34-20-35-31(26)33/h5-9,12-14,19-20,24-25,30H,1,10-11,15-18H2,2-4H3,(H2,33,34,35)/t24-,25?,30?/m0/s1. The molecule has 4 aromatic rings. The van der Waals surface area contributed by atoms with Crippen LogP contribution in [0.5, 0.6) is 0 Å². The third-order valence-corrected chi connectivity index (χ3v) is 11.8. The lowest BCUT2D eigenvalue weighted by atomic mass is 10.0. The number of piperazine rings is 1. The van der Waals surface area contributed by atoms with Crippen LogP contribution in [0.25, 0.3) is 21.0 Å². The Hall–Kier alpha value is -2.97. The maximum absolute atomic E-state index is 14.3. The zero-order valence-corrected chi connectivity index (χ0v) is 27.5. The molecule has 2 unspecified atom stereocenters. The number of fused-ring (bicyclic) bond motifs is 2. The summed E-state index contributed by atoms with van der Waals surface area (Å²) in [5.41, 5.74) is 7.70. The van der Waals surface area contributed by atoms with Gasteiger partial charge in [0.15, 0.2) is 0 Å². The van der Waals surface area contributed by atoms with E-state index in [-0.39, 0.29) is 19.1 Å². The van der Waals surface area contributed by atoms with Gasteiger partial charge in [-0.25, -0.2) is 18.4 Å². The van der Waals surface area contributed by atoms with Gasteiger partial charge in [-0.2, -0.15) is 4.31 Å². The van der Waals surface area contributed by atoms with Gasteiger partial charge in [-0.3, -0.25) is 4.90 Å². The maximum Gasteiger partial charge on any atom is 0.225 e. The first-order chi connectivity index (χ1) is 21.0. The first kappa shape index (κ1) is 32.4. The van der Waals surface area contributed by atoms with Crippen LogP contribution in [0, 0.1) is 0 Å². The Kier molecular flexibility index (Phi) is 10.0. The van der Waals surface area contributed by atoms with Crippen LogP contribution >= 0.6 is 22.9 Å². The predicted molar refractivity (Wildman–Crippen MR) is 179 cm³/mol. The lowest BCUT2D eigenvalue weighted by Crippen LogP contribution is -2.62. The number of nitrogens with two attached hydrogens (primary N) is 1. The SMILES string of the molecule is C=CC(c1cc2ccc(Cl)cc2s1)S(=O)(=O)N1CC(C=O)N(Cc2ccc3c(N)ncnc3c2)[C@@H](CN(C)CCN(C)C)C1. The average molecular weight is 656 g/mol. The number of rotatable bonds is 12. The fourth-order valence-corrected chi connectivity index (χ4v) is 9.20. The number of halogens is 1. The summed E-state index contributed by atoms with van der Waals surface area (Å²) < 4.78 is 30.9. The Labute approximate surface area is 267 Å². The summed E-state index contributed by atoms with van der Waals surface area (Å²) in [6.07, 6.45) is 3.77. The number of aldehydes is 1. The van der Waals surface area contributed by atoms with Crippen molar-refractivity contribution in [2.75, 3.05) is 59.6 Å². The summed E-state index contributed by atoms with van der Waals surface area (Å²) in [5.74, 6) is 0.407. The number of carbonyl (C=O) groups excluding carboxylic acids is 1. The highest BCUT2D eigenvalue weighted by molar-refractivity contribution is 7.89. The van der Waals surface area contributed by atoms with E-state index in [0.29, 0.717) is 28.8 Å². The second-order valence-electron chi connectivity index (χ2n) is 11.6. The van der Waals surface area contributed by atoms with Crippen molar-refractivity contribution in [2.24, 2.45) is 0 Å². The fraction of sp³-hybridized carbons (Fsp3) is 0.387. The van der Waals surface area contributed by atoms with Gasteiger partial charge in [0.1, 0.15) is 23.7 Å². The summed E-state index contributed by atoms with van der Waals surface area (Å²) in [7, 11) is 2.16. The molecule has 1 fully saturated rings. The lowest BCUT2D eigenvalue weighted by molar-refractivity contribution is -0.116. The van der Waals surface area contributed by atoms with Crippen molar-refractivity contribution in [1.29, 1.82) is 0 Å². The van der Waals surface area contributed by atoms with Crippen LogP contribution in [-0.4, -0.2) is 110 Å². The monoisotopic (exact) mass is 655 g/mol. The summed E-state index contributed by atoms with van der Waals surface area (Å²) in [5, 5.41) is 1.33. The Morgan fingerprint density at radius 1 is 1.14 bits per heavy atom. The van der Waals surface area contributed by atoms with Crippen LogP contribution in [0.4, 0.5) is 5.82 Å². The van der Waals surface area contributed by atoms with Gasteiger partial charge in [-0.1, -0.05) is 29.8 Å². The molecule has 0 radical (unpaired) electrons. The quantitative estimate of drug-likeness (QED) is 0.179. The number of nitrogens with zero attached hydrogens (tertiary/aromatic N) is 6. The minimum Gasteiger partial charge on any atom is -0.383 e. The molecule has 1 aliphatic rings. The van der Waals surface area contributed by atoms with Crippen molar-refractivity contribution in [3.8, 4) is 0 Å². The Morgan fingerprint density at radius 2 is 1.93 bits per heavy atom. The maximum atomic E-state index is 14.3. The second-order valence-corrected chi connectivity index (χ2v) is 15.2. The lowest BCUT2D eigenvalue weighted by Gasteiger charge is -2.46. The predicted octanol–water partition coefficient (Wildman–Crippen LogP) is 3.88. The van der Waals surface area contributed by atoms with Gasteiger partial charge < -0.3 is 20.3 Å². The van der Waals surface area contributed by atoms with Crippen molar-refractivity contribution in [3.05, 3.63) is 76.9 Å². The number of likely N-dealkylation sites (N-methyl/N-ethyl adjacent to an activating group) is 2. The fourth-order valence-electron chi connectivity index (χ4n) is 5.70. The van der Waals surface area contributed by atoms with E-state index in [1.165, 1.54) is 28.0 Å². The smallest absolute Gasteiger partial charge is 0.225 e. The zero-order valence-electron chi connectivity index (χ0n) is 25.1. The molecular formula is C31H38ClN7O3S2. The molecule has 5 rings (SSSR count). The van der Waals surface area contributed by atoms with E-state index in [1.807, 2.05) is 57.5 Å². The van der Waals surface area contributed by atoms with Gasteiger partial charge in [0.25, 0.3) is 0 Å². The Balaban J connectivity index is 1.46. The molecule has 1 aliphatic heterocycles. The molecule has 10 nitrogen and oxygen atoms in total. The molecule has 0 saturated carbocycles. The summed E-state index contributed by atoms with van der Waals surface area (Å²) in [6, 6.07) is 12.3. The third kappa shape index (κ3) is 6.96. The molecule has 0 spiro atoms. The molecule has 13 heteroatoms. The van der Waals surface area contributed by atoms with Crippen molar-refractivity contribution in [3.63, 3.8) is 0 Å². The van der Waals surface area contributed by atoms with Crippen molar-refractivity contribution in [2.45, 2.75) is 23.9 Å². The Bertz CT molecular complexity index is 1760. The van der Waals surface area contributed by atoms with Gasteiger partial charge >= 0.3 is 0 Å². The molecule has 2 N–H and O–H groups in total. The van der Waals surface area contributed by atoms with Crippen LogP contribution in [0.3, 0.4) is 0 Å². The minimum atomic E-state index is -3.90. The number of benzene rings is 2. The molecule has 3 heterocycles. The highest BCUT2D eigenvalue weighted by Crippen LogP contribution is 2.38. The molecule has 0 aliphatic carbocycles. The average Bonchev–Trinajstić information content (AvgIpc) is 3.39. The summed E-state index contributed by atoms with van der Waals surface area (Å²) in [4.78, 5) is 28.2. The van der Waals surface area contributed by atoms with Crippen molar-refractivity contribution in [1.82, 2.24) is 29.0 Å². The van der Waals surface area contributed by atoms with E-state index in [2.05, 4.69) is 31.2 Å². The van der Waals surface area contributed by atoms with Crippen LogP contribution in [0.2, 0.25) is 5.02 Å². The molecule has 2 aromatic carbocycles. The number of hydrogen-bond acceptors (Lipinski definition) is 10. The normalized spacial score (nSPS) is 19.2. The van der Waals surface area contributed by atoms with Crippen molar-refractivity contribution < 1.29 is 13.2 Å². The van der Waals surface area contributed by atoms with Gasteiger partial charge in [0.05, 0.1) is 11.6 Å². The molecular weight excluding hydrogens is 618 g/mol. The van der Waals surface area contributed by atoms with E-state index in [0.717, 1.165) is 45.9 Å². The number of hydrogen-bond donors (Lipinski definition) is 1. The van der Waals surface area contributed by atoms with Crippen LogP contribution in [-0.2, 0) is 21.4 Å². The molecule has 0 amide bonds. The molecule has 2 aromatic heterocycles. The van der Waals surface area contributed by atoms with Crippen LogP contribution in [0.1, 0.15) is 15.7 Å². The molecule has 3 atom stereocenters. The molecule has 0 bridgehead atoms. The topological polar surface area (TPSA) is 116 Å². The number of carbonyl (C=O) groups is 1. The zero-order chi connectivity index (χ0) is 31.6. The first-order valence-corrected chi connectivity index (χ1v) is 17.0. The van der Waals surface area contributed by atoms with E-state index in [1.54, 1.807) is 6.07 Å². The van der Waals surface area contributed by atoms with Gasteiger partial charge in [0.2, 0.25) is 10.0 Å². The van der Waals surface area contributed by atoms with E-state index in [4.69, 9.17) is 17.3 Å².